The van der Waals surface area contributed by atoms with E-state index in [1.54, 1.807) is 0 Å². The van der Waals surface area contributed by atoms with E-state index >= 15 is 0 Å². The third-order valence-electron chi connectivity index (χ3n) is 1.85. The van der Waals surface area contributed by atoms with E-state index in [0.29, 0.717) is 6.42 Å². The van der Waals surface area contributed by atoms with E-state index < -0.39 is 11.2 Å². The minimum Gasteiger partial charge on any atom is -0.480 e. The molecule has 1 N–H and O–H groups in total. The van der Waals surface area contributed by atoms with Crippen LogP contribution in [0.4, 0.5) is 0 Å². The summed E-state index contributed by atoms with van der Waals surface area (Å²) in [4.78, 5) is 21.7. The highest BCUT2D eigenvalue weighted by Crippen LogP contribution is 2.17. The van der Waals surface area contributed by atoms with Crippen LogP contribution in [0.25, 0.3) is 0 Å². The van der Waals surface area contributed by atoms with Crippen molar-refractivity contribution in [1.82, 2.24) is 0 Å². The Bertz CT molecular complexity index is 348. The molecule has 0 saturated carbocycles. The SMILES string of the molecule is CC(=O)S[C@@H](Cc1ccccc1)C(=O)O. The van der Waals surface area contributed by atoms with Gasteiger partial charge in [0.05, 0.1) is 0 Å². The Balaban J connectivity index is 2.67. The predicted octanol–water partition coefficient (Wildman–Crippen LogP) is 1.96. The number of benzene rings is 1. The smallest absolute Gasteiger partial charge is 0.317 e. The van der Waals surface area contributed by atoms with Gasteiger partial charge in [-0.05, 0) is 12.0 Å². The van der Waals surface area contributed by atoms with Gasteiger partial charge >= 0.3 is 5.97 Å². The van der Waals surface area contributed by atoms with Gasteiger partial charge in [-0.1, -0.05) is 42.1 Å². The molecule has 0 aliphatic rings. The number of hydrogen-bond donors (Lipinski definition) is 1. The average Bonchev–Trinajstić information content (AvgIpc) is 2.17. The molecular formula is C11H12O3S. The third kappa shape index (κ3) is 4.16. The Morgan fingerprint density at radius 2 is 1.93 bits per heavy atom. The molecule has 0 unspecified atom stereocenters. The first-order valence-electron chi connectivity index (χ1n) is 4.53. The fraction of sp³-hybridized carbons (Fsp3) is 0.273. The van der Waals surface area contributed by atoms with Crippen LogP contribution in [0.3, 0.4) is 0 Å². The molecule has 0 saturated heterocycles. The van der Waals surface area contributed by atoms with Gasteiger partial charge in [0.2, 0.25) is 0 Å². The summed E-state index contributed by atoms with van der Waals surface area (Å²) in [5.74, 6) is -0.945. The molecule has 0 radical (unpaired) electrons. The summed E-state index contributed by atoms with van der Waals surface area (Å²) >= 11 is 0.864. The summed E-state index contributed by atoms with van der Waals surface area (Å²) in [5, 5.41) is 8.05. The van der Waals surface area contributed by atoms with Crippen LogP contribution in [0.15, 0.2) is 30.3 Å². The molecule has 0 heterocycles. The van der Waals surface area contributed by atoms with Gasteiger partial charge in [0.1, 0.15) is 5.25 Å². The van der Waals surface area contributed by atoms with Gasteiger partial charge in [-0.15, -0.1) is 0 Å². The molecule has 0 amide bonds. The Kier molecular flexibility index (Phi) is 4.37. The van der Waals surface area contributed by atoms with Gasteiger partial charge in [0, 0.05) is 6.92 Å². The van der Waals surface area contributed by atoms with Crippen LogP contribution in [-0.4, -0.2) is 21.4 Å². The summed E-state index contributed by atoms with van der Waals surface area (Å²) in [6.07, 6.45) is 0.375. The maximum absolute atomic E-state index is 10.9. The fourth-order valence-corrected chi connectivity index (χ4v) is 1.99. The molecule has 1 aromatic rings. The fourth-order valence-electron chi connectivity index (χ4n) is 1.21. The van der Waals surface area contributed by atoms with E-state index in [2.05, 4.69) is 0 Å². The van der Waals surface area contributed by atoms with Gasteiger partial charge in [-0.3, -0.25) is 9.59 Å². The number of carbonyl (C=O) groups excluding carboxylic acids is 1. The van der Waals surface area contributed by atoms with E-state index in [1.807, 2.05) is 30.3 Å². The van der Waals surface area contributed by atoms with Gasteiger partial charge in [-0.2, -0.15) is 0 Å². The molecule has 0 aromatic heterocycles. The molecular weight excluding hydrogens is 212 g/mol. The summed E-state index contributed by atoms with van der Waals surface area (Å²) in [5.41, 5.74) is 0.929. The second-order valence-electron chi connectivity index (χ2n) is 3.13. The highest BCUT2D eigenvalue weighted by Gasteiger charge is 2.20. The highest BCUT2D eigenvalue weighted by atomic mass is 32.2. The van der Waals surface area contributed by atoms with Gasteiger partial charge in [0.25, 0.3) is 0 Å². The molecule has 0 aliphatic carbocycles. The zero-order valence-electron chi connectivity index (χ0n) is 8.34. The van der Waals surface area contributed by atoms with Crippen molar-refractivity contribution in [1.29, 1.82) is 0 Å². The molecule has 1 atom stereocenters. The minimum atomic E-state index is -0.945. The van der Waals surface area contributed by atoms with Gasteiger partial charge in [-0.25, -0.2) is 0 Å². The zero-order valence-corrected chi connectivity index (χ0v) is 9.16. The monoisotopic (exact) mass is 224 g/mol. The van der Waals surface area contributed by atoms with Crippen molar-refractivity contribution in [2.75, 3.05) is 0 Å². The van der Waals surface area contributed by atoms with Crippen molar-refractivity contribution in [2.24, 2.45) is 0 Å². The van der Waals surface area contributed by atoms with Gasteiger partial charge in [0.15, 0.2) is 5.12 Å². The van der Waals surface area contributed by atoms with Crippen LogP contribution in [0.1, 0.15) is 12.5 Å². The average molecular weight is 224 g/mol. The summed E-state index contributed by atoms with van der Waals surface area (Å²) in [6.45, 7) is 1.38. The molecule has 80 valence electrons. The Morgan fingerprint density at radius 3 is 2.40 bits per heavy atom. The number of carbonyl (C=O) groups is 2. The summed E-state index contributed by atoms with van der Waals surface area (Å²) in [7, 11) is 0. The maximum Gasteiger partial charge on any atom is 0.317 e. The van der Waals surface area contributed by atoms with Gasteiger partial charge < -0.3 is 5.11 Å². The van der Waals surface area contributed by atoms with Crippen molar-refractivity contribution in [3.63, 3.8) is 0 Å². The van der Waals surface area contributed by atoms with Crippen LogP contribution in [-0.2, 0) is 16.0 Å². The number of thioether (sulfide) groups is 1. The van der Waals surface area contributed by atoms with E-state index in [4.69, 9.17) is 5.11 Å². The first-order valence-corrected chi connectivity index (χ1v) is 5.41. The predicted molar refractivity (Wildman–Crippen MR) is 59.8 cm³/mol. The van der Waals surface area contributed by atoms with Crippen LogP contribution in [0, 0.1) is 0 Å². The van der Waals surface area contributed by atoms with Crippen LogP contribution in [0.5, 0.6) is 0 Å². The lowest BCUT2D eigenvalue weighted by Gasteiger charge is -2.09. The topological polar surface area (TPSA) is 54.4 Å². The van der Waals surface area contributed by atoms with E-state index in [0.717, 1.165) is 17.3 Å². The Hall–Kier alpha value is -1.29. The number of hydrogen-bond acceptors (Lipinski definition) is 3. The molecule has 0 aliphatic heterocycles. The summed E-state index contributed by atoms with van der Waals surface area (Å²) < 4.78 is 0. The number of carboxylic acids is 1. The van der Waals surface area contributed by atoms with Crippen molar-refractivity contribution in [3.8, 4) is 0 Å². The quantitative estimate of drug-likeness (QED) is 0.849. The number of rotatable bonds is 4. The second kappa shape index (κ2) is 5.56. The molecule has 3 nitrogen and oxygen atoms in total. The summed E-state index contributed by atoms with van der Waals surface area (Å²) in [6, 6.07) is 9.30. The second-order valence-corrected chi connectivity index (χ2v) is 4.51. The molecule has 1 rings (SSSR count). The number of carboxylic acid groups (broad SMARTS) is 1. The van der Waals surface area contributed by atoms with E-state index in [9.17, 15) is 9.59 Å². The Morgan fingerprint density at radius 1 is 1.33 bits per heavy atom. The normalized spacial score (nSPS) is 12.1. The van der Waals surface area contributed by atoms with Crippen LogP contribution < -0.4 is 0 Å². The first kappa shape index (κ1) is 11.8. The highest BCUT2D eigenvalue weighted by molar-refractivity contribution is 8.14. The molecule has 0 fully saturated rings. The van der Waals surface area contributed by atoms with Crippen LogP contribution in [0.2, 0.25) is 0 Å². The lowest BCUT2D eigenvalue weighted by Crippen LogP contribution is -2.20. The first-order chi connectivity index (χ1) is 7.09. The van der Waals surface area contributed by atoms with Crippen molar-refractivity contribution in [2.45, 2.75) is 18.6 Å². The maximum atomic E-state index is 10.9. The zero-order chi connectivity index (χ0) is 11.3. The van der Waals surface area contributed by atoms with Crippen LogP contribution >= 0.6 is 11.8 Å². The lowest BCUT2D eigenvalue weighted by molar-refractivity contribution is -0.136. The van der Waals surface area contributed by atoms with E-state index in [1.165, 1.54) is 6.92 Å². The standard InChI is InChI=1S/C11H12O3S/c1-8(12)15-10(11(13)14)7-9-5-3-2-4-6-9/h2-6,10H,7H2,1H3,(H,13,14)/t10-/m0/s1. The lowest BCUT2D eigenvalue weighted by atomic mass is 10.1. The molecule has 0 bridgehead atoms. The largest absolute Gasteiger partial charge is 0.480 e. The molecule has 0 spiro atoms. The Labute approximate surface area is 92.5 Å². The molecule has 15 heavy (non-hydrogen) atoms. The third-order valence-corrected chi connectivity index (χ3v) is 2.83. The molecule has 4 heteroatoms. The molecule has 1 aromatic carbocycles. The van der Waals surface area contributed by atoms with Crippen molar-refractivity contribution < 1.29 is 14.7 Å². The number of aliphatic carboxylic acids is 1. The van der Waals surface area contributed by atoms with Crippen molar-refractivity contribution in [3.05, 3.63) is 35.9 Å². The van der Waals surface area contributed by atoms with E-state index in [-0.39, 0.29) is 5.12 Å². The minimum absolute atomic E-state index is 0.168. The van der Waals surface area contributed by atoms with Crippen molar-refractivity contribution >= 4 is 22.8 Å².